The first-order chi connectivity index (χ1) is 6.81. The molecule has 0 bridgehead atoms. The topological polar surface area (TPSA) is 21.3 Å². The Hall–Kier alpha value is -0.930. The fourth-order valence-electron chi connectivity index (χ4n) is 1.95. The van der Waals surface area contributed by atoms with Crippen LogP contribution in [0.3, 0.4) is 0 Å². The summed E-state index contributed by atoms with van der Waals surface area (Å²) in [6.45, 7) is 2.34. The Kier molecular flexibility index (Phi) is 2.79. The molecule has 1 aromatic rings. The second kappa shape index (κ2) is 4.07. The molecule has 0 saturated heterocycles. The maximum absolute atomic E-state index is 13.0. The number of fused-ring (bicyclic) bond motifs is 1. The van der Waals surface area contributed by atoms with E-state index < -0.39 is 0 Å². The highest BCUT2D eigenvalue weighted by Gasteiger charge is 2.19. The number of halogens is 1. The Morgan fingerprint density at radius 2 is 2.43 bits per heavy atom. The Morgan fingerprint density at radius 3 is 3.21 bits per heavy atom. The predicted octanol–water partition coefficient (Wildman–Crippen LogP) is 1.66. The van der Waals surface area contributed by atoms with Crippen LogP contribution in [-0.4, -0.2) is 20.3 Å². The van der Waals surface area contributed by atoms with Gasteiger partial charge in [0.25, 0.3) is 0 Å². The minimum absolute atomic E-state index is 0.160. The van der Waals surface area contributed by atoms with E-state index in [0.29, 0.717) is 6.61 Å². The maximum Gasteiger partial charge on any atom is 0.123 e. The zero-order valence-corrected chi connectivity index (χ0v) is 8.22. The normalized spacial score (nSPS) is 20.6. The first kappa shape index (κ1) is 9.62. The first-order valence-corrected chi connectivity index (χ1v) is 4.79. The van der Waals surface area contributed by atoms with Gasteiger partial charge in [0.2, 0.25) is 0 Å². The molecule has 0 saturated carbocycles. The third-order valence-corrected chi connectivity index (χ3v) is 2.62. The van der Waals surface area contributed by atoms with Gasteiger partial charge < -0.3 is 10.1 Å². The van der Waals surface area contributed by atoms with Gasteiger partial charge in [-0.15, -0.1) is 0 Å². The molecule has 1 aliphatic rings. The lowest BCUT2D eigenvalue weighted by Crippen LogP contribution is -2.30. The molecule has 1 unspecified atom stereocenters. The summed E-state index contributed by atoms with van der Waals surface area (Å²) in [6, 6.07) is 4.98. The summed E-state index contributed by atoms with van der Waals surface area (Å²) < 4.78 is 18.2. The van der Waals surface area contributed by atoms with Gasteiger partial charge in [0.15, 0.2) is 0 Å². The maximum atomic E-state index is 13.0. The predicted molar refractivity (Wildman–Crippen MR) is 52.7 cm³/mol. The lowest BCUT2D eigenvalue weighted by atomic mass is 9.91. The van der Waals surface area contributed by atoms with Gasteiger partial charge in [-0.2, -0.15) is 0 Å². The van der Waals surface area contributed by atoms with E-state index in [1.165, 1.54) is 11.6 Å². The lowest BCUT2D eigenvalue weighted by Gasteiger charge is -2.25. The Balaban J connectivity index is 2.32. The van der Waals surface area contributed by atoms with Crippen molar-refractivity contribution in [2.75, 3.05) is 20.3 Å². The summed E-state index contributed by atoms with van der Waals surface area (Å²) >= 11 is 0. The molecule has 1 heterocycles. The quantitative estimate of drug-likeness (QED) is 0.775. The third-order valence-electron chi connectivity index (χ3n) is 2.62. The minimum atomic E-state index is -0.160. The van der Waals surface area contributed by atoms with Crippen LogP contribution >= 0.6 is 0 Å². The van der Waals surface area contributed by atoms with Gasteiger partial charge in [0.05, 0.1) is 6.61 Å². The molecule has 2 rings (SSSR count). The van der Waals surface area contributed by atoms with Crippen molar-refractivity contribution >= 4 is 0 Å². The number of hydrogen-bond acceptors (Lipinski definition) is 2. The van der Waals surface area contributed by atoms with Crippen molar-refractivity contribution in [1.82, 2.24) is 5.32 Å². The molecule has 1 aromatic carbocycles. The van der Waals surface area contributed by atoms with Crippen LogP contribution in [0.5, 0.6) is 0 Å². The second-order valence-corrected chi connectivity index (χ2v) is 3.63. The largest absolute Gasteiger partial charge is 0.384 e. The van der Waals surface area contributed by atoms with Crippen molar-refractivity contribution in [3.05, 3.63) is 35.1 Å². The summed E-state index contributed by atoms with van der Waals surface area (Å²) in [6.07, 6.45) is 0. The summed E-state index contributed by atoms with van der Waals surface area (Å²) in [7, 11) is 1.67. The van der Waals surface area contributed by atoms with Gasteiger partial charge >= 0.3 is 0 Å². The molecule has 2 nitrogen and oxygen atoms in total. The molecule has 1 N–H and O–H groups in total. The van der Waals surface area contributed by atoms with E-state index in [2.05, 4.69) is 5.32 Å². The third kappa shape index (κ3) is 1.79. The average molecular weight is 195 g/mol. The van der Waals surface area contributed by atoms with Gasteiger partial charge in [-0.1, -0.05) is 6.07 Å². The van der Waals surface area contributed by atoms with E-state index in [0.717, 1.165) is 18.7 Å². The smallest absolute Gasteiger partial charge is 0.123 e. The van der Waals surface area contributed by atoms with Gasteiger partial charge in [-0.05, 0) is 23.3 Å². The molecular formula is C11H14FNO. The van der Waals surface area contributed by atoms with Crippen molar-refractivity contribution in [3.63, 3.8) is 0 Å². The number of hydrogen-bond donors (Lipinski definition) is 1. The second-order valence-electron chi connectivity index (χ2n) is 3.63. The van der Waals surface area contributed by atoms with Gasteiger partial charge in [0.1, 0.15) is 5.82 Å². The molecule has 0 spiro atoms. The highest BCUT2D eigenvalue weighted by molar-refractivity contribution is 5.33. The minimum Gasteiger partial charge on any atom is -0.384 e. The molecule has 0 aromatic heterocycles. The molecule has 0 fully saturated rings. The van der Waals surface area contributed by atoms with Gasteiger partial charge in [-0.25, -0.2) is 4.39 Å². The van der Waals surface area contributed by atoms with Crippen LogP contribution in [0.25, 0.3) is 0 Å². The SMILES string of the molecule is COCC1CNCc2ccc(F)cc21. The van der Waals surface area contributed by atoms with E-state index in [4.69, 9.17) is 4.74 Å². The van der Waals surface area contributed by atoms with E-state index in [1.54, 1.807) is 13.2 Å². The zero-order valence-electron chi connectivity index (χ0n) is 8.22. The van der Waals surface area contributed by atoms with Crippen LogP contribution in [0.15, 0.2) is 18.2 Å². The number of nitrogens with one attached hydrogen (secondary N) is 1. The summed E-state index contributed by atoms with van der Waals surface area (Å²) in [5.74, 6) is 0.117. The fraction of sp³-hybridized carbons (Fsp3) is 0.455. The van der Waals surface area contributed by atoms with Crippen molar-refractivity contribution in [1.29, 1.82) is 0 Å². The number of benzene rings is 1. The molecule has 0 radical (unpaired) electrons. The summed E-state index contributed by atoms with van der Waals surface area (Å²) in [4.78, 5) is 0. The fourth-order valence-corrected chi connectivity index (χ4v) is 1.95. The average Bonchev–Trinajstić information content (AvgIpc) is 2.19. The Labute approximate surface area is 83.1 Å². The van der Waals surface area contributed by atoms with Crippen LogP contribution in [-0.2, 0) is 11.3 Å². The number of methoxy groups -OCH3 is 1. The van der Waals surface area contributed by atoms with Crippen LogP contribution in [0, 0.1) is 5.82 Å². The summed E-state index contributed by atoms with van der Waals surface area (Å²) in [5.41, 5.74) is 2.27. The van der Waals surface area contributed by atoms with E-state index in [1.807, 2.05) is 6.07 Å². The number of ether oxygens (including phenoxy) is 1. The van der Waals surface area contributed by atoms with Crippen molar-refractivity contribution in [2.45, 2.75) is 12.5 Å². The van der Waals surface area contributed by atoms with Gasteiger partial charge in [-0.3, -0.25) is 0 Å². The van der Waals surface area contributed by atoms with E-state index >= 15 is 0 Å². The molecular weight excluding hydrogens is 181 g/mol. The van der Waals surface area contributed by atoms with Crippen LogP contribution in [0.1, 0.15) is 17.0 Å². The molecule has 1 atom stereocenters. The molecule has 0 amide bonds. The Bertz CT molecular complexity index is 327. The molecule has 14 heavy (non-hydrogen) atoms. The summed E-state index contributed by atoms with van der Waals surface area (Å²) in [5, 5.41) is 3.29. The Morgan fingerprint density at radius 1 is 1.57 bits per heavy atom. The zero-order chi connectivity index (χ0) is 9.97. The van der Waals surface area contributed by atoms with Crippen LogP contribution < -0.4 is 5.32 Å². The van der Waals surface area contributed by atoms with Gasteiger partial charge in [0, 0.05) is 26.1 Å². The molecule has 3 heteroatoms. The highest BCUT2D eigenvalue weighted by Crippen LogP contribution is 2.24. The van der Waals surface area contributed by atoms with Crippen molar-refractivity contribution in [3.8, 4) is 0 Å². The van der Waals surface area contributed by atoms with E-state index in [-0.39, 0.29) is 11.7 Å². The standard InChI is InChI=1S/C11H14FNO/c1-14-7-9-6-13-5-8-2-3-10(12)4-11(8)9/h2-4,9,13H,5-7H2,1H3. The molecule has 0 aliphatic carbocycles. The lowest BCUT2D eigenvalue weighted by molar-refractivity contribution is 0.175. The number of rotatable bonds is 2. The monoisotopic (exact) mass is 195 g/mol. The first-order valence-electron chi connectivity index (χ1n) is 4.79. The highest BCUT2D eigenvalue weighted by atomic mass is 19.1. The molecule has 1 aliphatic heterocycles. The van der Waals surface area contributed by atoms with Crippen LogP contribution in [0.4, 0.5) is 4.39 Å². The van der Waals surface area contributed by atoms with Crippen molar-refractivity contribution in [2.24, 2.45) is 0 Å². The van der Waals surface area contributed by atoms with Crippen LogP contribution in [0.2, 0.25) is 0 Å². The molecule has 76 valence electrons. The van der Waals surface area contributed by atoms with Crippen molar-refractivity contribution < 1.29 is 9.13 Å². The van der Waals surface area contributed by atoms with E-state index in [9.17, 15) is 4.39 Å².